The zero-order valence-corrected chi connectivity index (χ0v) is 16.1. The third kappa shape index (κ3) is 4.58. The van der Waals surface area contributed by atoms with Crippen LogP contribution in [0.3, 0.4) is 0 Å². The number of allylic oxidation sites excluding steroid dienone is 1. The zero-order valence-electron chi connectivity index (χ0n) is 15.2. The van der Waals surface area contributed by atoms with E-state index in [4.69, 9.17) is 4.42 Å². The molecule has 1 aliphatic carbocycles. The summed E-state index contributed by atoms with van der Waals surface area (Å²) in [6.07, 6.45) is 9.81. The Labute approximate surface area is 158 Å². The summed E-state index contributed by atoms with van der Waals surface area (Å²) < 4.78 is 7.33. The van der Waals surface area contributed by atoms with Gasteiger partial charge in [0.2, 0.25) is 5.91 Å². The van der Waals surface area contributed by atoms with Crippen molar-refractivity contribution in [1.29, 1.82) is 0 Å². The molecule has 0 aromatic carbocycles. The van der Waals surface area contributed by atoms with Gasteiger partial charge in [0.05, 0.1) is 17.6 Å². The number of amides is 1. The Bertz CT molecular complexity index is 747. The summed E-state index contributed by atoms with van der Waals surface area (Å²) in [4.78, 5) is 12.2. The van der Waals surface area contributed by atoms with Crippen molar-refractivity contribution in [3.8, 4) is 11.4 Å². The minimum Gasteiger partial charge on any atom is -0.469 e. The number of carbonyl (C=O) groups is 1. The molecular weight excluding hydrogens is 348 g/mol. The normalized spacial score (nSPS) is 15.1. The molecule has 1 N–H and O–H groups in total. The largest absolute Gasteiger partial charge is 0.469 e. The van der Waals surface area contributed by atoms with E-state index >= 15 is 0 Å². The summed E-state index contributed by atoms with van der Waals surface area (Å²) in [6.45, 7) is 7.08. The third-order valence-corrected chi connectivity index (χ3v) is 5.74. The highest BCUT2D eigenvalue weighted by atomic mass is 32.2. The number of nitrogens with one attached hydrogen (secondary N) is 1. The molecule has 1 fully saturated rings. The lowest BCUT2D eigenvalue weighted by Gasteiger charge is -2.21. The fraction of sp³-hybridized carbons (Fsp3) is 0.526. The van der Waals surface area contributed by atoms with Gasteiger partial charge in [-0.1, -0.05) is 37.1 Å². The van der Waals surface area contributed by atoms with E-state index < -0.39 is 0 Å². The molecular formula is C19H26N4O2S. The van der Waals surface area contributed by atoms with Crippen LogP contribution in [0.5, 0.6) is 0 Å². The predicted octanol–water partition coefficient (Wildman–Crippen LogP) is 3.82. The van der Waals surface area contributed by atoms with Gasteiger partial charge in [-0.2, -0.15) is 0 Å². The summed E-state index contributed by atoms with van der Waals surface area (Å²) in [7, 11) is 0. The molecule has 2 aromatic rings. The van der Waals surface area contributed by atoms with Crippen molar-refractivity contribution in [2.45, 2.75) is 50.7 Å². The van der Waals surface area contributed by atoms with E-state index in [2.05, 4.69) is 22.1 Å². The van der Waals surface area contributed by atoms with E-state index in [1.54, 1.807) is 12.3 Å². The number of aryl methyl sites for hydroxylation is 1. The fourth-order valence-electron chi connectivity index (χ4n) is 3.34. The maximum Gasteiger partial charge on any atom is 0.230 e. The Kier molecular flexibility index (Phi) is 6.55. The van der Waals surface area contributed by atoms with Crippen LogP contribution in [0.1, 0.15) is 37.9 Å². The van der Waals surface area contributed by atoms with Crippen molar-refractivity contribution >= 4 is 17.7 Å². The van der Waals surface area contributed by atoms with E-state index in [9.17, 15) is 4.79 Å². The van der Waals surface area contributed by atoms with Crippen LogP contribution in [0.2, 0.25) is 0 Å². The summed E-state index contributed by atoms with van der Waals surface area (Å²) in [5.74, 6) is 2.56. The van der Waals surface area contributed by atoms with E-state index in [1.165, 1.54) is 43.9 Å². The van der Waals surface area contributed by atoms with Crippen molar-refractivity contribution in [1.82, 2.24) is 20.1 Å². The molecule has 2 heterocycles. The summed E-state index contributed by atoms with van der Waals surface area (Å²) in [5.41, 5.74) is 0.910. The van der Waals surface area contributed by atoms with E-state index in [0.29, 0.717) is 23.4 Å². The summed E-state index contributed by atoms with van der Waals surface area (Å²) in [5, 5.41) is 12.3. The summed E-state index contributed by atoms with van der Waals surface area (Å²) >= 11 is 1.40. The van der Waals surface area contributed by atoms with Crippen molar-refractivity contribution < 1.29 is 9.21 Å². The standard InChI is InChI=1S/C19H26N4O2S/c1-3-10-23-18(16-9-11-25-14(16)2)21-22-19(23)26-13-17(24)20-12-15-7-5-4-6-8-15/h3,9,11,15H,1,4-8,10,12-13H2,2H3,(H,20,24). The second kappa shape index (κ2) is 9.07. The van der Waals surface area contributed by atoms with Crippen LogP contribution in [0, 0.1) is 12.8 Å². The number of hydrogen-bond acceptors (Lipinski definition) is 5. The topological polar surface area (TPSA) is 73.0 Å². The molecule has 0 aliphatic heterocycles. The molecule has 0 bridgehead atoms. The molecule has 1 saturated carbocycles. The van der Waals surface area contributed by atoms with Gasteiger partial charge in [0.15, 0.2) is 11.0 Å². The Morgan fingerprint density at radius 2 is 2.23 bits per heavy atom. The van der Waals surface area contributed by atoms with Crippen LogP contribution >= 0.6 is 11.8 Å². The Morgan fingerprint density at radius 1 is 1.42 bits per heavy atom. The van der Waals surface area contributed by atoms with Crippen LogP contribution < -0.4 is 5.32 Å². The molecule has 0 radical (unpaired) electrons. The van der Waals surface area contributed by atoms with Gasteiger partial charge in [0, 0.05) is 13.1 Å². The van der Waals surface area contributed by atoms with Crippen molar-refractivity contribution in [2.75, 3.05) is 12.3 Å². The Balaban J connectivity index is 1.58. The molecule has 2 aromatic heterocycles. The summed E-state index contributed by atoms with van der Waals surface area (Å²) in [6, 6.07) is 1.88. The van der Waals surface area contributed by atoms with Gasteiger partial charge in [-0.25, -0.2) is 0 Å². The maximum atomic E-state index is 12.2. The minimum absolute atomic E-state index is 0.0507. The number of furan rings is 1. The van der Waals surface area contributed by atoms with Crippen LogP contribution in [0.4, 0.5) is 0 Å². The van der Waals surface area contributed by atoms with E-state index in [0.717, 1.165) is 23.7 Å². The lowest BCUT2D eigenvalue weighted by atomic mass is 9.89. The van der Waals surface area contributed by atoms with Crippen LogP contribution in [-0.2, 0) is 11.3 Å². The molecule has 6 nitrogen and oxygen atoms in total. The second-order valence-electron chi connectivity index (χ2n) is 6.69. The molecule has 3 rings (SSSR count). The first-order chi connectivity index (χ1) is 12.7. The number of nitrogens with zero attached hydrogens (tertiary/aromatic N) is 3. The van der Waals surface area contributed by atoms with Crippen molar-refractivity contribution in [2.24, 2.45) is 5.92 Å². The van der Waals surface area contributed by atoms with E-state index in [-0.39, 0.29) is 5.91 Å². The van der Waals surface area contributed by atoms with Gasteiger partial charge >= 0.3 is 0 Å². The number of rotatable bonds is 8. The first kappa shape index (κ1) is 18.8. The van der Waals surface area contributed by atoms with Crippen molar-refractivity contribution in [3.05, 3.63) is 30.7 Å². The smallest absolute Gasteiger partial charge is 0.230 e. The van der Waals surface area contributed by atoms with Gasteiger partial charge in [-0.3, -0.25) is 9.36 Å². The molecule has 0 saturated heterocycles. The van der Waals surface area contributed by atoms with Gasteiger partial charge in [0.25, 0.3) is 0 Å². The van der Waals surface area contributed by atoms with Crippen LogP contribution in [0.25, 0.3) is 11.4 Å². The quantitative estimate of drug-likeness (QED) is 0.562. The first-order valence-electron chi connectivity index (χ1n) is 9.17. The van der Waals surface area contributed by atoms with Gasteiger partial charge in [-0.15, -0.1) is 16.8 Å². The third-order valence-electron chi connectivity index (χ3n) is 4.77. The lowest BCUT2D eigenvalue weighted by molar-refractivity contribution is -0.118. The lowest BCUT2D eigenvalue weighted by Crippen LogP contribution is -2.31. The minimum atomic E-state index is 0.0507. The number of thioether (sulfide) groups is 1. The number of hydrogen-bond donors (Lipinski definition) is 1. The van der Waals surface area contributed by atoms with Gasteiger partial charge in [0.1, 0.15) is 5.76 Å². The number of carbonyl (C=O) groups excluding carboxylic acids is 1. The Hall–Kier alpha value is -2.02. The monoisotopic (exact) mass is 374 g/mol. The van der Waals surface area contributed by atoms with Crippen LogP contribution in [0.15, 0.2) is 34.6 Å². The highest BCUT2D eigenvalue weighted by Gasteiger charge is 2.18. The zero-order chi connectivity index (χ0) is 18.4. The SMILES string of the molecule is C=CCn1c(SCC(=O)NCC2CCCCC2)nnc1-c1ccoc1C. The molecule has 0 spiro atoms. The van der Waals surface area contributed by atoms with Gasteiger partial charge < -0.3 is 9.73 Å². The average molecular weight is 375 g/mol. The van der Waals surface area contributed by atoms with E-state index in [1.807, 2.05) is 17.6 Å². The average Bonchev–Trinajstić information content (AvgIpc) is 3.25. The molecule has 1 aliphatic rings. The number of aromatic nitrogens is 3. The molecule has 0 atom stereocenters. The predicted molar refractivity (Wildman–Crippen MR) is 103 cm³/mol. The molecule has 0 unspecified atom stereocenters. The van der Waals surface area contributed by atoms with Gasteiger partial charge in [-0.05, 0) is 31.7 Å². The fourth-order valence-corrected chi connectivity index (χ4v) is 4.11. The van der Waals surface area contributed by atoms with Crippen LogP contribution in [-0.4, -0.2) is 33.0 Å². The first-order valence-corrected chi connectivity index (χ1v) is 10.2. The molecule has 140 valence electrons. The molecule has 7 heteroatoms. The maximum absolute atomic E-state index is 12.2. The Morgan fingerprint density at radius 3 is 2.92 bits per heavy atom. The highest BCUT2D eigenvalue weighted by Crippen LogP contribution is 2.27. The molecule has 1 amide bonds. The second-order valence-corrected chi connectivity index (χ2v) is 7.64. The highest BCUT2D eigenvalue weighted by molar-refractivity contribution is 7.99. The molecule has 26 heavy (non-hydrogen) atoms. The van der Waals surface area contributed by atoms with Crippen molar-refractivity contribution in [3.63, 3.8) is 0 Å².